The van der Waals surface area contributed by atoms with Gasteiger partial charge in [-0.05, 0) is 6.42 Å². The van der Waals surface area contributed by atoms with Crippen LogP contribution in [-0.2, 0) is 22.6 Å². The molecule has 5 nitrogen and oxygen atoms in total. The molecule has 1 aromatic rings. The average Bonchev–Trinajstić information content (AvgIpc) is 2.87. The zero-order valence-corrected chi connectivity index (χ0v) is 10.4. The Labute approximate surface area is 103 Å². The van der Waals surface area contributed by atoms with Crippen LogP contribution >= 0.6 is 11.3 Å². The standard InChI is InChI=1S/C11H14N2O3S/c1-2-8-6-17-9(12-8)5-13-4-7(11(15)16)3-10(13)14/h6-7H,2-5H2,1H3,(H,15,16)/t7-/m0/s1. The number of aromatic nitrogens is 1. The fourth-order valence-electron chi connectivity index (χ4n) is 1.84. The summed E-state index contributed by atoms with van der Waals surface area (Å²) in [7, 11) is 0. The van der Waals surface area contributed by atoms with Gasteiger partial charge in [0.15, 0.2) is 0 Å². The van der Waals surface area contributed by atoms with Gasteiger partial charge < -0.3 is 10.0 Å². The Morgan fingerprint density at radius 1 is 1.71 bits per heavy atom. The number of hydrogen-bond donors (Lipinski definition) is 1. The Bertz CT molecular complexity index is 444. The second-order valence-corrected chi connectivity index (χ2v) is 5.04. The fraction of sp³-hybridized carbons (Fsp3) is 0.545. The molecule has 1 aromatic heterocycles. The van der Waals surface area contributed by atoms with Crippen LogP contribution in [0.2, 0.25) is 0 Å². The molecule has 1 atom stereocenters. The van der Waals surface area contributed by atoms with Crippen molar-refractivity contribution in [2.24, 2.45) is 5.92 Å². The molecule has 0 radical (unpaired) electrons. The van der Waals surface area contributed by atoms with Crippen molar-refractivity contribution in [3.8, 4) is 0 Å². The number of carboxylic acids is 1. The summed E-state index contributed by atoms with van der Waals surface area (Å²) in [6.07, 6.45) is 0.990. The molecular weight excluding hydrogens is 240 g/mol. The van der Waals surface area contributed by atoms with E-state index in [1.165, 1.54) is 11.3 Å². The zero-order valence-electron chi connectivity index (χ0n) is 9.55. The lowest BCUT2D eigenvalue weighted by Gasteiger charge is -2.13. The summed E-state index contributed by atoms with van der Waals surface area (Å²) < 4.78 is 0. The fourth-order valence-corrected chi connectivity index (χ4v) is 2.73. The number of amides is 1. The molecule has 0 saturated carbocycles. The van der Waals surface area contributed by atoms with Crippen molar-refractivity contribution >= 4 is 23.2 Å². The number of likely N-dealkylation sites (tertiary alicyclic amines) is 1. The third-order valence-electron chi connectivity index (χ3n) is 2.85. The maximum absolute atomic E-state index is 11.6. The van der Waals surface area contributed by atoms with Gasteiger partial charge in [0.05, 0.1) is 18.2 Å². The van der Waals surface area contributed by atoms with E-state index < -0.39 is 11.9 Å². The van der Waals surface area contributed by atoms with E-state index in [0.717, 1.165) is 17.1 Å². The highest BCUT2D eigenvalue weighted by Gasteiger charge is 2.34. The first kappa shape index (κ1) is 12.0. The Hall–Kier alpha value is -1.43. The molecule has 92 valence electrons. The number of carboxylic acid groups (broad SMARTS) is 1. The molecule has 1 saturated heterocycles. The summed E-state index contributed by atoms with van der Waals surface area (Å²) in [5.41, 5.74) is 1.02. The number of thiazole rings is 1. The lowest BCUT2D eigenvalue weighted by atomic mass is 10.1. The maximum atomic E-state index is 11.6. The molecule has 17 heavy (non-hydrogen) atoms. The Morgan fingerprint density at radius 3 is 3.00 bits per heavy atom. The Balaban J connectivity index is 2.00. The Kier molecular flexibility index (Phi) is 3.42. The van der Waals surface area contributed by atoms with Crippen molar-refractivity contribution in [2.45, 2.75) is 26.3 Å². The quantitative estimate of drug-likeness (QED) is 0.874. The van der Waals surface area contributed by atoms with E-state index in [-0.39, 0.29) is 12.3 Å². The van der Waals surface area contributed by atoms with Crippen molar-refractivity contribution in [1.29, 1.82) is 0 Å². The van der Waals surface area contributed by atoms with E-state index in [9.17, 15) is 9.59 Å². The van der Waals surface area contributed by atoms with Crippen molar-refractivity contribution in [2.75, 3.05) is 6.54 Å². The monoisotopic (exact) mass is 254 g/mol. The molecule has 2 rings (SSSR count). The van der Waals surface area contributed by atoms with E-state index in [4.69, 9.17) is 5.11 Å². The Morgan fingerprint density at radius 2 is 2.47 bits per heavy atom. The summed E-state index contributed by atoms with van der Waals surface area (Å²) in [5, 5.41) is 11.7. The number of aryl methyl sites for hydroxylation is 1. The number of nitrogens with zero attached hydrogens (tertiary/aromatic N) is 2. The van der Waals surface area contributed by atoms with Crippen LogP contribution in [0.25, 0.3) is 0 Å². The predicted octanol–water partition coefficient (Wildman–Crippen LogP) is 1.14. The lowest BCUT2D eigenvalue weighted by molar-refractivity contribution is -0.141. The van der Waals surface area contributed by atoms with Crippen molar-refractivity contribution < 1.29 is 14.7 Å². The lowest BCUT2D eigenvalue weighted by Crippen LogP contribution is -2.25. The van der Waals surface area contributed by atoms with Crippen molar-refractivity contribution in [3.05, 3.63) is 16.1 Å². The minimum Gasteiger partial charge on any atom is -0.481 e. The van der Waals surface area contributed by atoms with Gasteiger partial charge in [-0.15, -0.1) is 11.3 Å². The third kappa shape index (κ3) is 2.63. The minimum atomic E-state index is -0.894. The van der Waals surface area contributed by atoms with Gasteiger partial charge in [-0.3, -0.25) is 9.59 Å². The number of carbonyl (C=O) groups excluding carboxylic acids is 1. The number of rotatable bonds is 4. The molecule has 0 bridgehead atoms. The first-order valence-electron chi connectivity index (χ1n) is 5.54. The number of carbonyl (C=O) groups is 2. The summed E-state index contributed by atoms with van der Waals surface area (Å²) in [5.74, 6) is -1.55. The predicted molar refractivity (Wildman–Crippen MR) is 62.7 cm³/mol. The van der Waals surface area contributed by atoms with Crippen LogP contribution in [0.4, 0.5) is 0 Å². The smallest absolute Gasteiger partial charge is 0.308 e. The largest absolute Gasteiger partial charge is 0.481 e. The highest BCUT2D eigenvalue weighted by Crippen LogP contribution is 2.21. The second-order valence-electron chi connectivity index (χ2n) is 4.10. The van der Waals surface area contributed by atoms with Crippen LogP contribution < -0.4 is 0 Å². The second kappa shape index (κ2) is 4.83. The third-order valence-corrected chi connectivity index (χ3v) is 3.73. The zero-order chi connectivity index (χ0) is 12.4. The van der Waals surface area contributed by atoms with E-state index in [1.54, 1.807) is 4.90 Å². The van der Waals surface area contributed by atoms with Crippen molar-refractivity contribution in [3.63, 3.8) is 0 Å². The molecule has 0 aromatic carbocycles. The maximum Gasteiger partial charge on any atom is 0.308 e. The molecule has 2 heterocycles. The van der Waals surface area contributed by atoms with Gasteiger partial charge in [0.2, 0.25) is 5.91 Å². The van der Waals surface area contributed by atoms with Gasteiger partial charge in [0, 0.05) is 18.3 Å². The SMILES string of the molecule is CCc1csc(CN2C[C@@H](C(=O)O)CC2=O)n1. The highest BCUT2D eigenvalue weighted by molar-refractivity contribution is 7.09. The van der Waals surface area contributed by atoms with Crippen LogP contribution in [-0.4, -0.2) is 33.4 Å². The van der Waals surface area contributed by atoms with Crippen LogP contribution in [0, 0.1) is 5.92 Å². The van der Waals surface area contributed by atoms with Crippen LogP contribution in [0.3, 0.4) is 0 Å². The molecule has 0 unspecified atom stereocenters. The molecule has 1 fully saturated rings. The van der Waals surface area contributed by atoms with Gasteiger partial charge in [0.1, 0.15) is 5.01 Å². The van der Waals surface area contributed by atoms with Gasteiger partial charge in [0.25, 0.3) is 0 Å². The first-order valence-corrected chi connectivity index (χ1v) is 6.42. The molecule has 0 aliphatic carbocycles. The molecular formula is C11H14N2O3S. The van der Waals surface area contributed by atoms with Crippen molar-refractivity contribution in [1.82, 2.24) is 9.88 Å². The van der Waals surface area contributed by atoms with E-state index in [1.807, 2.05) is 12.3 Å². The van der Waals surface area contributed by atoms with Crippen LogP contribution in [0.15, 0.2) is 5.38 Å². The van der Waals surface area contributed by atoms with Gasteiger partial charge >= 0.3 is 5.97 Å². The topological polar surface area (TPSA) is 70.5 Å². The summed E-state index contributed by atoms with van der Waals surface area (Å²) in [4.78, 5) is 28.4. The molecule has 1 aliphatic rings. The molecule has 6 heteroatoms. The van der Waals surface area contributed by atoms with E-state index in [2.05, 4.69) is 4.98 Å². The molecule has 0 spiro atoms. The summed E-state index contributed by atoms with van der Waals surface area (Å²) in [6, 6.07) is 0. The first-order chi connectivity index (χ1) is 8.10. The average molecular weight is 254 g/mol. The minimum absolute atomic E-state index is 0.0920. The van der Waals surface area contributed by atoms with Crippen LogP contribution in [0.5, 0.6) is 0 Å². The molecule has 1 N–H and O–H groups in total. The number of hydrogen-bond acceptors (Lipinski definition) is 4. The molecule has 1 amide bonds. The number of aliphatic carboxylic acids is 1. The van der Waals surface area contributed by atoms with Crippen LogP contribution in [0.1, 0.15) is 24.0 Å². The normalized spacial score (nSPS) is 19.9. The molecule has 1 aliphatic heterocycles. The van der Waals surface area contributed by atoms with E-state index in [0.29, 0.717) is 13.1 Å². The van der Waals surface area contributed by atoms with Gasteiger partial charge in [-0.25, -0.2) is 4.98 Å². The van der Waals surface area contributed by atoms with E-state index >= 15 is 0 Å². The summed E-state index contributed by atoms with van der Waals surface area (Å²) >= 11 is 1.52. The van der Waals surface area contributed by atoms with Gasteiger partial charge in [-0.2, -0.15) is 0 Å². The highest BCUT2D eigenvalue weighted by atomic mass is 32.1. The summed E-state index contributed by atoms with van der Waals surface area (Å²) in [6.45, 7) is 2.77. The van der Waals surface area contributed by atoms with Gasteiger partial charge in [-0.1, -0.05) is 6.92 Å².